The van der Waals surface area contributed by atoms with Gasteiger partial charge in [0.1, 0.15) is 5.75 Å². The van der Waals surface area contributed by atoms with Gasteiger partial charge in [0.2, 0.25) is 5.91 Å². The predicted molar refractivity (Wildman–Crippen MR) is 86.9 cm³/mol. The maximum Gasteiger partial charge on any atom is 0.223 e. The third kappa shape index (κ3) is 3.43. The van der Waals surface area contributed by atoms with Crippen molar-refractivity contribution in [1.29, 1.82) is 0 Å². The Morgan fingerprint density at radius 3 is 2.73 bits per heavy atom. The summed E-state index contributed by atoms with van der Waals surface area (Å²) < 4.78 is 5.85. The Labute approximate surface area is 132 Å². The van der Waals surface area contributed by atoms with E-state index in [1.807, 2.05) is 26.0 Å². The van der Waals surface area contributed by atoms with Crippen LogP contribution in [-0.2, 0) is 11.2 Å². The van der Waals surface area contributed by atoms with Crippen LogP contribution in [0.15, 0.2) is 12.1 Å². The SMILES string of the molecule is CCc1cc(C(C)O)cc2c1OCCC2NC(=O)C(C)CC. The van der Waals surface area contributed by atoms with Crippen molar-refractivity contribution in [3.05, 3.63) is 28.8 Å². The van der Waals surface area contributed by atoms with Crippen LogP contribution in [-0.4, -0.2) is 17.6 Å². The largest absolute Gasteiger partial charge is 0.493 e. The smallest absolute Gasteiger partial charge is 0.223 e. The molecule has 1 aliphatic rings. The van der Waals surface area contributed by atoms with Gasteiger partial charge in [0.05, 0.1) is 18.8 Å². The molecule has 1 aromatic carbocycles. The fraction of sp³-hybridized carbons (Fsp3) is 0.611. The van der Waals surface area contributed by atoms with Crippen LogP contribution in [0, 0.1) is 5.92 Å². The lowest BCUT2D eigenvalue weighted by molar-refractivity contribution is -0.125. The van der Waals surface area contributed by atoms with Crippen molar-refractivity contribution in [2.45, 2.75) is 59.1 Å². The molecule has 0 bridgehead atoms. The molecule has 0 fully saturated rings. The fourth-order valence-electron chi connectivity index (χ4n) is 2.76. The number of amides is 1. The summed E-state index contributed by atoms with van der Waals surface area (Å²) in [6.45, 7) is 8.41. The number of aliphatic hydroxyl groups excluding tert-OH is 1. The molecular weight excluding hydrogens is 278 g/mol. The van der Waals surface area contributed by atoms with E-state index in [4.69, 9.17) is 4.74 Å². The lowest BCUT2D eigenvalue weighted by Gasteiger charge is -2.30. The third-order valence-corrected chi connectivity index (χ3v) is 4.48. The molecule has 0 saturated heterocycles. The van der Waals surface area contributed by atoms with Crippen LogP contribution in [0.4, 0.5) is 0 Å². The van der Waals surface area contributed by atoms with Gasteiger partial charge in [0.15, 0.2) is 0 Å². The Morgan fingerprint density at radius 1 is 1.41 bits per heavy atom. The van der Waals surface area contributed by atoms with Crippen LogP contribution in [0.3, 0.4) is 0 Å². The number of aryl methyl sites for hydroxylation is 1. The van der Waals surface area contributed by atoms with Gasteiger partial charge in [-0.1, -0.05) is 20.8 Å². The summed E-state index contributed by atoms with van der Waals surface area (Å²) in [5.41, 5.74) is 2.97. The summed E-state index contributed by atoms with van der Waals surface area (Å²) >= 11 is 0. The Bertz CT molecular complexity index is 539. The monoisotopic (exact) mass is 305 g/mol. The topological polar surface area (TPSA) is 58.6 Å². The van der Waals surface area contributed by atoms with Crippen molar-refractivity contribution in [1.82, 2.24) is 5.32 Å². The maximum absolute atomic E-state index is 12.2. The molecule has 4 nitrogen and oxygen atoms in total. The molecule has 0 aliphatic carbocycles. The predicted octanol–water partition coefficient (Wildman–Crippen LogP) is 3.29. The van der Waals surface area contributed by atoms with Gasteiger partial charge >= 0.3 is 0 Å². The number of nitrogens with one attached hydrogen (secondary N) is 1. The van der Waals surface area contributed by atoms with Crippen molar-refractivity contribution in [2.75, 3.05) is 6.61 Å². The quantitative estimate of drug-likeness (QED) is 0.877. The van der Waals surface area contributed by atoms with Crippen molar-refractivity contribution in [3.8, 4) is 5.75 Å². The summed E-state index contributed by atoms with van der Waals surface area (Å²) in [4.78, 5) is 12.2. The van der Waals surface area contributed by atoms with Gasteiger partial charge in [-0.2, -0.15) is 0 Å². The second-order valence-corrected chi connectivity index (χ2v) is 6.14. The van der Waals surface area contributed by atoms with Crippen molar-refractivity contribution in [2.24, 2.45) is 5.92 Å². The average molecular weight is 305 g/mol. The number of carbonyl (C=O) groups excluding carboxylic acids is 1. The van der Waals surface area contributed by atoms with E-state index in [1.54, 1.807) is 6.92 Å². The van der Waals surface area contributed by atoms with Gasteiger partial charge in [0.25, 0.3) is 0 Å². The molecule has 1 heterocycles. The van der Waals surface area contributed by atoms with E-state index >= 15 is 0 Å². The molecule has 0 spiro atoms. The van der Waals surface area contributed by atoms with E-state index in [9.17, 15) is 9.90 Å². The van der Waals surface area contributed by atoms with Crippen LogP contribution in [0.2, 0.25) is 0 Å². The van der Waals surface area contributed by atoms with Gasteiger partial charge in [-0.05, 0) is 43.0 Å². The molecule has 4 heteroatoms. The van der Waals surface area contributed by atoms with E-state index < -0.39 is 6.10 Å². The summed E-state index contributed by atoms with van der Waals surface area (Å²) in [6.07, 6.45) is 1.91. The third-order valence-electron chi connectivity index (χ3n) is 4.48. The molecular formula is C18H27NO3. The number of ether oxygens (including phenoxy) is 1. The van der Waals surface area contributed by atoms with Crippen LogP contribution in [0.1, 0.15) is 69.4 Å². The number of fused-ring (bicyclic) bond motifs is 1. The molecule has 2 rings (SSSR count). The maximum atomic E-state index is 12.2. The fourth-order valence-corrected chi connectivity index (χ4v) is 2.76. The summed E-state index contributed by atoms with van der Waals surface area (Å²) in [5.74, 6) is 0.977. The average Bonchev–Trinajstić information content (AvgIpc) is 2.53. The lowest BCUT2D eigenvalue weighted by Crippen LogP contribution is -2.35. The normalized spacial score (nSPS) is 19.8. The molecule has 2 N–H and O–H groups in total. The van der Waals surface area contributed by atoms with Gasteiger partial charge in [-0.25, -0.2) is 0 Å². The standard InChI is InChI=1S/C18H27NO3/c1-5-11(3)18(21)19-16-7-8-22-17-13(6-2)9-14(12(4)20)10-15(16)17/h9-12,16,20H,5-8H2,1-4H3,(H,19,21). The highest BCUT2D eigenvalue weighted by molar-refractivity contribution is 5.78. The number of benzene rings is 1. The molecule has 122 valence electrons. The minimum absolute atomic E-state index is 0.0110. The van der Waals surface area contributed by atoms with E-state index in [-0.39, 0.29) is 17.9 Å². The first-order valence-corrected chi connectivity index (χ1v) is 8.25. The van der Waals surface area contributed by atoms with E-state index in [0.29, 0.717) is 6.61 Å². The van der Waals surface area contributed by atoms with Gasteiger partial charge < -0.3 is 15.2 Å². The number of rotatable bonds is 5. The molecule has 1 aromatic rings. The van der Waals surface area contributed by atoms with Crippen LogP contribution in [0.25, 0.3) is 0 Å². The summed E-state index contributed by atoms with van der Waals surface area (Å²) in [6, 6.07) is 3.94. The molecule has 0 aromatic heterocycles. The molecule has 0 saturated carbocycles. The Kier molecular flexibility index (Phi) is 5.46. The van der Waals surface area contributed by atoms with Gasteiger partial charge in [-0.15, -0.1) is 0 Å². The van der Waals surface area contributed by atoms with Crippen molar-refractivity contribution < 1.29 is 14.6 Å². The van der Waals surface area contributed by atoms with Gasteiger partial charge in [-0.3, -0.25) is 4.79 Å². The summed E-state index contributed by atoms with van der Waals surface area (Å²) in [7, 11) is 0. The lowest BCUT2D eigenvalue weighted by atomic mass is 9.92. The molecule has 1 aliphatic heterocycles. The number of carbonyl (C=O) groups is 1. The molecule has 22 heavy (non-hydrogen) atoms. The Morgan fingerprint density at radius 2 is 2.14 bits per heavy atom. The molecule has 3 unspecified atom stereocenters. The highest BCUT2D eigenvalue weighted by Gasteiger charge is 2.27. The van der Waals surface area contributed by atoms with Gasteiger partial charge in [0, 0.05) is 17.9 Å². The van der Waals surface area contributed by atoms with Crippen molar-refractivity contribution in [3.63, 3.8) is 0 Å². The zero-order valence-corrected chi connectivity index (χ0v) is 14.0. The summed E-state index contributed by atoms with van der Waals surface area (Å²) in [5, 5.41) is 13.1. The molecule has 0 radical (unpaired) electrons. The van der Waals surface area contributed by atoms with Crippen LogP contribution >= 0.6 is 0 Å². The highest BCUT2D eigenvalue weighted by atomic mass is 16.5. The van der Waals surface area contributed by atoms with Crippen molar-refractivity contribution >= 4 is 5.91 Å². The first-order chi connectivity index (χ1) is 10.5. The Hall–Kier alpha value is -1.55. The number of hydrogen-bond donors (Lipinski definition) is 2. The van der Waals surface area contributed by atoms with E-state index in [2.05, 4.69) is 12.2 Å². The minimum atomic E-state index is -0.525. The second-order valence-electron chi connectivity index (χ2n) is 6.14. The number of hydrogen-bond acceptors (Lipinski definition) is 3. The number of aliphatic hydroxyl groups is 1. The van der Waals surface area contributed by atoms with Crippen LogP contribution < -0.4 is 10.1 Å². The van der Waals surface area contributed by atoms with Crippen LogP contribution in [0.5, 0.6) is 5.75 Å². The zero-order chi connectivity index (χ0) is 16.3. The minimum Gasteiger partial charge on any atom is -0.493 e. The Balaban J connectivity index is 2.35. The highest BCUT2D eigenvalue weighted by Crippen LogP contribution is 2.37. The van der Waals surface area contributed by atoms with E-state index in [1.165, 1.54) is 0 Å². The second kappa shape index (κ2) is 7.14. The first-order valence-electron chi connectivity index (χ1n) is 8.25. The zero-order valence-electron chi connectivity index (χ0n) is 14.0. The van der Waals surface area contributed by atoms with E-state index in [0.717, 1.165) is 41.7 Å². The molecule has 1 amide bonds. The molecule has 3 atom stereocenters. The first kappa shape index (κ1) is 16.8.